The number of fused-ring (bicyclic) bond motifs is 6. The quantitative estimate of drug-likeness (QED) is 0.171. The van der Waals surface area contributed by atoms with Gasteiger partial charge in [0.05, 0.1) is 11.0 Å². The first-order valence-electron chi connectivity index (χ1n) is 18.6. The maximum Gasteiger partial charge on any atom is 0.164 e. The number of para-hydroxylation sites is 1. The second kappa shape index (κ2) is 13.2. The van der Waals surface area contributed by atoms with Crippen LogP contribution in [0, 0.1) is 0 Å². The van der Waals surface area contributed by atoms with Crippen molar-refractivity contribution in [1.82, 2.24) is 24.5 Å². The molecular weight excluding hydrogens is 703 g/mol. The van der Waals surface area contributed by atoms with Crippen LogP contribution in [-0.4, -0.2) is 24.5 Å². The molecule has 0 fully saturated rings. The Labute approximate surface area is 326 Å². The summed E-state index contributed by atoms with van der Waals surface area (Å²) >= 11 is 1.84. The summed E-state index contributed by atoms with van der Waals surface area (Å²) in [5.41, 5.74) is 9.50. The van der Waals surface area contributed by atoms with Gasteiger partial charge in [-0.25, -0.2) is 19.9 Å². The predicted molar refractivity (Wildman–Crippen MR) is 232 cm³/mol. The van der Waals surface area contributed by atoms with E-state index in [2.05, 4.69) is 138 Å². The molecule has 4 heterocycles. The molecule has 0 spiro atoms. The zero-order valence-electron chi connectivity index (χ0n) is 30.0. The molecule has 0 aliphatic rings. The van der Waals surface area contributed by atoms with E-state index in [-0.39, 0.29) is 0 Å². The average molecular weight is 734 g/mol. The van der Waals surface area contributed by atoms with E-state index in [0.29, 0.717) is 17.5 Å². The highest BCUT2D eigenvalue weighted by molar-refractivity contribution is 7.26. The minimum absolute atomic E-state index is 0.622. The SMILES string of the molecule is c1ccc(-c2nc(-c3ccccc3)nc(-c3cc(-c4ccc5c(c4)c4ccccc4n5-c4ccccn4)cc(-c4cccc5c4sc4ccccc45)c3)n2)cc1. The third-order valence-electron chi connectivity index (χ3n) is 10.5. The third-order valence-corrected chi connectivity index (χ3v) is 11.7. The lowest BCUT2D eigenvalue weighted by atomic mass is 9.94. The molecule has 0 aliphatic carbocycles. The summed E-state index contributed by atoms with van der Waals surface area (Å²) < 4.78 is 4.79. The van der Waals surface area contributed by atoms with Gasteiger partial charge in [-0.1, -0.05) is 127 Å². The minimum atomic E-state index is 0.622. The fourth-order valence-corrected chi connectivity index (χ4v) is 9.11. The molecule has 4 aromatic heterocycles. The monoisotopic (exact) mass is 733 g/mol. The summed E-state index contributed by atoms with van der Waals surface area (Å²) in [6.07, 6.45) is 1.85. The summed E-state index contributed by atoms with van der Waals surface area (Å²) in [4.78, 5) is 20.1. The predicted octanol–water partition coefficient (Wildman–Crippen LogP) is 13.1. The summed E-state index contributed by atoms with van der Waals surface area (Å²) in [6.45, 7) is 0. The number of aromatic nitrogens is 5. The second-order valence-corrected chi connectivity index (χ2v) is 14.9. The van der Waals surface area contributed by atoms with Crippen molar-refractivity contribution >= 4 is 53.3 Å². The van der Waals surface area contributed by atoms with E-state index >= 15 is 0 Å². The maximum atomic E-state index is 5.16. The summed E-state index contributed by atoms with van der Waals surface area (Å²) in [5, 5.41) is 4.88. The van der Waals surface area contributed by atoms with E-state index in [1.54, 1.807) is 0 Å². The molecule has 5 nitrogen and oxygen atoms in total. The van der Waals surface area contributed by atoms with Crippen LogP contribution in [0.25, 0.3) is 104 Å². The lowest BCUT2D eigenvalue weighted by Gasteiger charge is -2.13. The number of pyridine rings is 1. The smallest absolute Gasteiger partial charge is 0.164 e. The minimum Gasteiger partial charge on any atom is -0.294 e. The van der Waals surface area contributed by atoms with Crippen molar-refractivity contribution in [3.05, 3.63) is 188 Å². The Bertz CT molecular complexity index is 3190. The van der Waals surface area contributed by atoms with Gasteiger partial charge in [-0.05, 0) is 76.9 Å². The van der Waals surface area contributed by atoms with E-state index in [9.17, 15) is 0 Å². The second-order valence-electron chi connectivity index (χ2n) is 13.9. The van der Waals surface area contributed by atoms with Crippen LogP contribution in [0.5, 0.6) is 0 Å². The van der Waals surface area contributed by atoms with Gasteiger partial charge in [0.1, 0.15) is 5.82 Å². The largest absolute Gasteiger partial charge is 0.294 e. The highest BCUT2D eigenvalue weighted by Crippen LogP contribution is 2.43. The first kappa shape index (κ1) is 32.2. The van der Waals surface area contributed by atoms with Gasteiger partial charge in [-0.15, -0.1) is 11.3 Å². The Hall–Kier alpha value is -7.28. The Morgan fingerprint density at radius 2 is 0.982 bits per heavy atom. The van der Waals surface area contributed by atoms with Crippen LogP contribution in [0.4, 0.5) is 0 Å². The molecule has 0 atom stereocenters. The number of rotatable bonds is 6. The van der Waals surface area contributed by atoms with Crippen molar-refractivity contribution in [3.8, 4) is 62.2 Å². The fraction of sp³-hybridized carbons (Fsp3) is 0. The maximum absolute atomic E-state index is 5.16. The summed E-state index contributed by atoms with van der Waals surface area (Å²) in [6, 6.07) is 63.8. The summed E-state index contributed by atoms with van der Waals surface area (Å²) in [7, 11) is 0. The lowest BCUT2D eigenvalue weighted by Crippen LogP contribution is -2.00. The van der Waals surface area contributed by atoms with Crippen LogP contribution in [0.3, 0.4) is 0 Å². The lowest BCUT2D eigenvalue weighted by molar-refractivity contribution is 1.07. The molecule has 7 aromatic carbocycles. The van der Waals surface area contributed by atoms with Crippen LogP contribution in [-0.2, 0) is 0 Å². The topological polar surface area (TPSA) is 56.5 Å². The van der Waals surface area contributed by atoms with E-state index < -0.39 is 0 Å². The van der Waals surface area contributed by atoms with Crippen LogP contribution < -0.4 is 0 Å². The number of nitrogens with zero attached hydrogens (tertiary/aromatic N) is 5. The molecular formula is C50H31N5S. The van der Waals surface area contributed by atoms with Crippen molar-refractivity contribution in [2.24, 2.45) is 0 Å². The van der Waals surface area contributed by atoms with E-state index in [0.717, 1.165) is 50.2 Å². The van der Waals surface area contributed by atoms with Crippen LogP contribution in [0.2, 0.25) is 0 Å². The number of hydrogen-bond donors (Lipinski definition) is 0. The number of benzene rings is 7. The Morgan fingerprint density at radius 1 is 0.375 bits per heavy atom. The Balaban J connectivity index is 1.17. The first-order valence-corrected chi connectivity index (χ1v) is 19.4. The van der Waals surface area contributed by atoms with Gasteiger partial charge < -0.3 is 0 Å². The molecule has 0 unspecified atom stereocenters. The zero-order chi connectivity index (χ0) is 37.0. The molecule has 262 valence electrons. The highest BCUT2D eigenvalue weighted by atomic mass is 32.1. The average Bonchev–Trinajstić information content (AvgIpc) is 3.83. The van der Waals surface area contributed by atoms with Gasteiger partial charge in [-0.2, -0.15) is 0 Å². The normalized spacial score (nSPS) is 11.6. The Kier molecular flexibility index (Phi) is 7.60. The molecule has 0 N–H and O–H groups in total. The van der Waals surface area contributed by atoms with Gasteiger partial charge in [0.15, 0.2) is 17.5 Å². The molecule has 0 saturated heterocycles. The van der Waals surface area contributed by atoms with Gasteiger partial charge >= 0.3 is 0 Å². The third kappa shape index (κ3) is 5.46. The van der Waals surface area contributed by atoms with Crippen molar-refractivity contribution in [1.29, 1.82) is 0 Å². The molecule has 56 heavy (non-hydrogen) atoms. The molecule has 11 rings (SSSR count). The molecule has 11 aromatic rings. The Morgan fingerprint density at radius 3 is 1.73 bits per heavy atom. The van der Waals surface area contributed by atoms with Crippen molar-refractivity contribution in [3.63, 3.8) is 0 Å². The zero-order valence-corrected chi connectivity index (χ0v) is 30.9. The molecule has 0 saturated carbocycles. The van der Waals surface area contributed by atoms with Gasteiger partial charge in [0, 0.05) is 53.8 Å². The van der Waals surface area contributed by atoms with Gasteiger partial charge in [-0.3, -0.25) is 4.57 Å². The van der Waals surface area contributed by atoms with Gasteiger partial charge in [0.25, 0.3) is 0 Å². The molecule has 0 radical (unpaired) electrons. The van der Waals surface area contributed by atoms with Crippen LogP contribution in [0.1, 0.15) is 0 Å². The van der Waals surface area contributed by atoms with Gasteiger partial charge in [0.2, 0.25) is 0 Å². The first-order chi connectivity index (χ1) is 27.7. The van der Waals surface area contributed by atoms with Crippen molar-refractivity contribution < 1.29 is 0 Å². The van der Waals surface area contributed by atoms with Crippen LogP contribution >= 0.6 is 11.3 Å². The highest BCUT2D eigenvalue weighted by Gasteiger charge is 2.18. The standard InChI is InChI=1S/C50H31N5S/c1-3-14-32(15-4-1)48-52-49(33-16-5-2-6-17-33)54-50(53-48)37-29-35(28-36(30-37)38-20-13-21-41-40-19-8-10-23-45(40)56-47(38)41)34-25-26-44-42(31-34)39-18-7-9-22-43(39)55(44)46-24-11-12-27-51-46/h1-31H. The van der Waals surface area contributed by atoms with Crippen molar-refractivity contribution in [2.75, 3.05) is 0 Å². The molecule has 6 heteroatoms. The van der Waals surface area contributed by atoms with E-state index in [1.807, 2.05) is 66.1 Å². The van der Waals surface area contributed by atoms with E-state index in [4.69, 9.17) is 19.9 Å². The number of hydrogen-bond acceptors (Lipinski definition) is 5. The number of thiophene rings is 1. The molecule has 0 amide bonds. The molecule has 0 aliphatic heterocycles. The van der Waals surface area contributed by atoms with E-state index in [1.165, 1.54) is 36.5 Å². The fourth-order valence-electron chi connectivity index (χ4n) is 7.88. The molecule has 0 bridgehead atoms. The van der Waals surface area contributed by atoms with Crippen LogP contribution in [0.15, 0.2) is 188 Å². The summed E-state index contributed by atoms with van der Waals surface area (Å²) in [5.74, 6) is 2.79. The van der Waals surface area contributed by atoms with Crippen molar-refractivity contribution in [2.45, 2.75) is 0 Å².